The largest absolute Gasteiger partial charge is 0.344 e. The Labute approximate surface area is 176 Å². The number of hydrogen-bond acceptors (Lipinski definition) is 0. The summed E-state index contributed by atoms with van der Waals surface area (Å²) < 4.78 is 5.01. The first-order valence-electron chi connectivity index (χ1n) is 8.85. The minimum Gasteiger partial charge on any atom is -0.344 e. The molecule has 128 valence electrons. The monoisotopic (exact) mass is 553 g/mol. The normalized spacial score (nSPS) is 11.8. The van der Waals surface area contributed by atoms with Gasteiger partial charge in [-0.1, -0.05) is 59.3 Å². The molecule has 0 spiro atoms. The number of unbranched alkanes of at least 4 members (excludes halogenated alkanes) is 2. The third-order valence-electron chi connectivity index (χ3n) is 5.15. The highest BCUT2D eigenvalue weighted by molar-refractivity contribution is 14.1. The molecule has 0 radical (unpaired) electrons. The predicted octanol–water partition coefficient (Wildman–Crippen LogP) is 7.24. The molecule has 0 N–H and O–H groups in total. The maximum absolute atomic E-state index is 2.55. The van der Waals surface area contributed by atoms with Gasteiger partial charge in [0.25, 0.3) is 0 Å². The summed E-state index contributed by atoms with van der Waals surface area (Å²) in [5, 5.41) is 5.46. The molecule has 0 saturated carbocycles. The number of hydrogen-bond donors (Lipinski definition) is 0. The topological polar surface area (TPSA) is 4.93 Å². The summed E-state index contributed by atoms with van der Waals surface area (Å²) in [6.45, 7) is 0. The lowest BCUT2D eigenvalue weighted by Gasteiger charge is -2.09. The second-order valence-electron chi connectivity index (χ2n) is 6.70. The van der Waals surface area contributed by atoms with Gasteiger partial charge in [0.1, 0.15) is 0 Å². The van der Waals surface area contributed by atoms with Gasteiger partial charge in [-0.25, -0.2) is 0 Å². The highest BCUT2D eigenvalue weighted by Crippen LogP contribution is 2.34. The number of alkyl halides is 1. The zero-order valence-corrected chi connectivity index (χ0v) is 18.7. The predicted molar refractivity (Wildman–Crippen MR) is 127 cm³/mol. The summed E-state index contributed by atoms with van der Waals surface area (Å²) in [4.78, 5) is 0. The van der Waals surface area contributed by atoms with E-state index in [9.17, 15) is 0 Å². The van der Waals surface area contributed by atoms with Crippen molar-refractivity contribution in [3.8, 4) is 0 Å². The van der Waals surface area contributed by atoms with Crippen LogP contribution in [0.25, 0.3) is 32.6 Å². The van der Waals surface area contributed by atoms with Crippen LogP contribution in [-0.2, 0) is 13.5 Å². The van der Waals surface area contributed by atoms with E-state index >= 15 is 0 Å². The van der Waals surface area contributed by atoms with Crippen molar-refractivity contribution in [2.45, 2.75) is 25.7 Å². The van der Waals surface area contributed by atoms with Crippen LogP contribution < -0.4 is 0 Å². The summed E-state index contributed by atoms with van der Waals surface area (Å²) in [6, 6.07) is 18.1. The average Bonchev–Trinajstić information content (AvgIpc) is 2.92. The Kier molecular flexibility index (Phi) is 5.23. The SMILES string of the molecule is Cn1c2ccccc2c2cc3c(I)c(CCCCCI)ccc3cc21. The lowest BCUT2D eigenvalue weighted by Crippen LogP contribution is -1.92. The number of benzene rings is 3. The Morgan fingerprint density at radius 2 is 1.68 bits per heavy atom. The van der Waals surface area contributed by atoms with E-state index in [0.717, 1.165) is 0 Å². The molecule has 3 aromatic carbocycles. The van der Waals surface area contributed by atoms with Gasteiger partial charge in [0.05, 0.1) is 0 Å². The summed E-state index contributed by atoms with van der Waals surface area (Å²) in [7, 11) is 2.17. The van der Waals surface area contributed by atoms with Gasteiger partial charge in [0.15, 0.2) is 0 Å². The molecular weight excluding hydrogens is 532 g/mol. The molecule has 25 heavy (non-hydrogen) atoms. The van der Waals surface area contributed by atoms with Gasteiger partial charge >= 0.3 is 0 Å². The Morgan fingerprint density at radius 1 is 0.840 bits per heavy atom. The van der Waals surface area contributed by atoms with Crippen LogP contribution in [-0.4, -0.2) is 8.99 Å². The molecule has 0 aliphatic carbocycles. The van der Waals surface area contributed by atoms with Crippen LogP contribution in [0, 0.1) is 3.57 Å². The quantitative estimate of drug-likeness (QED) is 0.140. The standard InChI is InChI=1S/C22H21I2N/c1-25-20-9-5-4-8-17(20)19-14-18-16(13-21(19)25)11-10-15(22(18)24)7-3-2-6-12-23/h4-5,8-11,13-14H,2-3,6-7,12H2,1H3. The van der Waals surface area contributed by atoms with Crippen LogP contribution in [0.5, 0.6) is 0 Å². The smallest absolute Gasteiger partial charge is 0.0495 e. The number of rotatable bonds is 5. The Balaban J connectivity index is 1.85. The first-order chi connectivity index (χ1) is 12.2. The van der Waals surface area contributed by atoms with Crippen molar-refractivity contribution in [3.05, 3.63) is 57.7 Å². The number of aromatic nitrogens is 1. The first kappa shape index (κ1) is 17.6. The van der Waals surface area contributed by atoms with Crippen molar-refractivity contribution in [2.24, 2.45) is 7.05 Å². The van der Waals surface area contributed by atoms with Crippen LogP contribution in [0.2, 0.25) is 0 Å². The van der Waals surface area contributed by atoms with Gasteiger partial charge < -0.3 is 4.57 Å². The zero-order valence-electron chi connectivity index (χ0n) is 14.4. The molecule has 0 aliphatic heterocycles. The molecule has 1 aromatic heterocycles. The van der Waals surface area contributed by atoms with Crippen molar-refractivity contribution >= 4 is 77.8 Å². The molecule has 0 bridgehead atoms. The third-order valence-corrected chi connectivity index (χ3v) is 7.18. The van der Waals surface area contributed by atoms with Crippen LogP contribution in [0.3, 0.4) is 0 Å². The first-order valence-corrected chi connectivity index (χ1v) is 11.5. The van der Waals surface area contributed by atoms with Gasteiger partial charge in [0.2, 0.25) is 0 Å². The zero-order chi connectivity index (χ0) is 17.4. The summed E-state index contributed by atoms with van der Waals surface area (Å²) in [5.41, 5.74) is 4.13. The molecule has 0 saturated heterocycles. The molecule has 4 rings (SSSR count). The second-order valence-corrected chi connectivity index (χ2v) is 8.86. The molecule has 0 atom stereocenters. The fourth-order valence-electron chi connectivity index (χ4n) is 3.77. The third kappa shape index (κ3) is 3.18. The lowest BCUT2D eigenvalue weighted by atomic mass is 10.0. The van der Waals surface area contributed by atoms with Gasteiger partial charge in [-0.15, -0.1) is 0 Å². The fraction of sp³-hybridized carbons (Fsp3) is 0.273. The van der Waals surface area contributed by atoms with Crippen LogP contribution >= 0.6 is 45.2 Å². The molecule has 1 heterocycles. The van der Waals surface area contributed by atoms with Crippen LogP contribution in [0.15, 0.2) is 48.5 Å². The average molecular weight is 553 g/mol. The molecule has 0 amide bonds. The molecule has 3 heteroatoms. The Morgan fingerprint density at radius 3 is 2.52 bits per heavy atom. The van der Waals surface area contributed by atoms with E-state index in [2.05, 4.69) is 105 Å². The van der Waals surface area contributed by atoms with Crippen molar-refractivity contribution in [2.75, 3.05) is 4.43 Å². The summed E-state index contributed by atoms with van der Waals surface area (Å²) >= 11 is 5.03. The summed E-state index contributed by atoms with van der Waals surface area (Å²) in [5.74, 6) is 0. The number of aryl methyl sites for hydroxylation is 2. The van der Waals surface area contributed by atoms with Crippen molar-refractivity contribution in [1.82, 2.24) is 4.57 Å². The lowest BCUT2D eigenvalue weighted by molar-refractivity contribution is 0.726. The fourth-order valence-corrected chi connectivity index (χ4v) is 5.22. The molecular formula is C22H21I2N. The van der Waals surface area contributed by atoms with E-state index < -0.39 is 0 Å². The van der Waals surface area contributed by atoms with E-state index in [0.29, 0.717) is 0 Å². The number of halogens is 2. The Hall–Kier alpha value is -0.820. The summed E-state index contributed by atoms with van der Waals surface area (Å²) in [6.07, 6.45) is 5.15. The van der Waals surface area contributed by atoms with Gasteiger partial charge in [-0.05, 0) is 80.8 Å². The van der Waals surface area contributed by atoms with Crippen LogP contribution in [0.4, 0.5) is 0 Å². The van der Waals surface area contributed by atoms with Gasteiger partial charge in [-0.2, -0.15) is 0 Å². The second kappa shape index (κ2) is 7.43. The maximum atomic E-state index is 2.55. The van der Waals surface area contributed by atoms with E-state index in [-0.39, 0.29) is 0 Å². The van der Waals surface area contributed by atoms with Crippen molar-refractivity contribution in [3.63, 3.8) is 0 Å². The molecule has 0 unspecified atom stereocenters. The van der Waals surface area contributed by atoms with Gasteiger partial charge in [0, 0.05) is 32.4 Å². The van der Waals surface area contributed by atoms with Crippen LogP contribution in [0.1, 0.15) is 24.8 Å². The number of fused-ring (bicyclic) bond motifs is 4. The molecule has 0 aliphatic rings. The molecule has 0 fully saturated rings. The van der Waals surface area contributed by atoms with Gasteiger partial charge in [-0.3, -0.25) is 0 Å². The van der Waals surface area contributed by atoms with Crippen molar-refractivity contribution < 1.29 is 0 Å². The minimum absolute atomic E-state index is 1.19. The number of nitrogens with zero attached hydrogens (tertiary/aromatic N) is 1. The highest BCUT2D eigenvalue weighted by atomic mass is 127. The highest BCUT2D eigenvalue weighted by Gasteiger charge is 2.11. The van der Waals surface area contributed by atoms with E-state index in [1.165, 1.54) is 71.8 Å². The van der Waals surface area contributed by atoms with E-state index in [1.54, 1.807) is 0 Å². The maximum Gasteiger partial charge on any atom is 0.0495 e. The van der Waals surface area contributed by atoms with Crippen molar-refractivity contribution in [1.29, 1.82) is 0 Å². The van der Waals surface area contributed by atoms with E-state index in [4.69, 9.17) is 0 Å². The van der Waals surface area contributed by atoms with E-state index in [1.807, 2.05) is 0 Å². The molecule has 4 aromatic rings. The Bertz CT molecular complexity index is 1060. The molecule has 1 nitrogen and oxygen atoms in total. The number of para-hydroxylation sites is 1. The minimum atomic E-state index is 1.19.